The quantitative estimate of drug-likeness (QED) is 0.501. The van der Waals surface area contributed by atoms with Crippen LogP contribution in [-0.4, -0.2) is 30.8 Å². The summed E-state index contributed by atoms with van der Waals surface area (Å²) in [4.78, 5) is 16.9. The zero-order valence-electron chi connectivity index (χ0n) is 17.1. The molecule has 4 aromatic rings. The molecule has 0 aliphatic carbocycles. The van der Waals surface area contributed by atoms with Gasteiger partial charge in [-0.15, -0.1) is 0 Å². The number of benzene rings is 2. The third-order valence-electron chi connectivity index (χ3n) is 4.91. The molecule has 31 heavy (non-hydrogen) atoms. The molecule has 0 radical (unpaired) electrons. The van der Waals surface area contributed by atoms with Crippen LogP contribution in [0.1, 0.15) is 21.5 Å². The van der Waals surface area contributed by atoms with Gasteiger partial charge in [-0.2, -0.15) is 0 Å². The van der Waals surface area contributed by atoms with Gasteiger partial charge in [-0.25, -0.2) is 13.4 Å². The minimum atomic E-state index is -3.68. The first kappa shape index (κ1) is 20.6. The highest BCUT2D eigenvalue weighted by atomic mass is 32.2. The summed E-state index contributed by atoms with van der Waals surface area (Å²) in [5.74, 6) is 0.269. The van der Waals surface area contributed by atoms with Crippen molar-refractivity contribution in [2.24, 2.45) is 0 Å². The molecule has 2 aromatic carbocycles. The molecule has 0 unspecified atom stereocenters. The summed E-state index contributed by atoms with van der Waals surface area (Å²) in [6.45, 7) is 2.09. The average molecular weight is 436 g/mol. The molecule has 7 nitrogen and oxygen atoms in total. The standard InChI is InChI=1S/C23H21N3O4S/c1-16-11-19(30-2)13-21(12-16)31(28,29)20-6-3-17(4-7-20)14-25-23(27)18-5-8-22-24-9-10-26(22)15-18/h3-13,15H,14H2,1-2H3,(H,25,27). The van der Waals surface area contributed by atoms with E-state index in [0.717, 1.165) is 16.8 Å². The van der Waals surface area contributed by atoms with E-state index in [1.807, 2.05) is 6.92 Å². The molecule has 1 amide bonds. The number of aromatic nitrogens is 2. The third kappa shape index (κ3) is 4.29. The number of carbonyl (C=O) groups is 1. The molecule has 8 heteroatoms. The van der Waals surface area contributed by atoms with Crippen molar-refractivity contribution < 1.29 is 17.9 Å². The summed E-state index contributed by atoms with van der Waals surface area (Å²) in [5, 5.41) is 2.85. The van der Waals surface area contributed by atoms with Gasteiger partial charge in [0.2, 0.25) is 9.84 Å². The lowest BCUT2D eigenvalue weighted by molar-refractivity contribution is 0.0950. The Labute approximate surface area is 180 Å². The van der Waals surface area contributed by atoms with Crippen molar-refractivity contribution in [1.82, 2.24) is 14.7 Å². The molecule has 0 saturated carbocycles. The van der Waals surface area contributed by atoms with E-state index in [9.17, 15) is 13.2 Å². The summed E-state index contributed by atoms with van der Waals surface area (Å²) in [7, 11) is -2.17. The number of nitrogens with one attached hydrogen (secondary N) is 1. The second kappa shape index (κ2) is 8.23. The molecule has 0 saturated heterocycles. The van der Waals surface area contributed by atoms with E-state index in [0.29, 0.717) is 11.3 Å². The predicted molar refractivity (Wildman–Crippen MR) is 116 cm³/mol. The summed E-state index contributed by atoms with van der Waals surface area (Å²) >= 11 is 0. The summed E-state index contributed by atoms with van der Waals surface area (Å²) in [6, 6.07) is 14.9. The molecule has 1 N–H and O–H groups in total. The molecule has 0 atom stereocenters. The molecule has 2 heterocycles. The van der Waals surface area contributed by atoms with Gasteiger partial charge in [0.15, 0.2) is 0 Å². The van der Waals surface area contributed by atoms with Crippen LogP contribution in [0.2, 0.25) is 0 Å². The van der Waals surface area contributed by atoms with Gasteiger partial charge < -0.3 is 14.5 Å². The highest BCUT2D eigenvalue weighted by Crippen LogP contribution is 2.26. The van der Waals surface area contributed by atoms with Crippen LogP contribution in [0.25, 0.3) is 5.65 Å². The highest BCUT2D eigenvalue weighted by Gasteiger charge is 2.19. The topological polar surface area (TPSA) is 89.8 Å². The van der Waals surface area contributed by atoms with Crippen LogP contribution in [0.5, 0.6) is 5.75 Å². The number of pyridine rings is 1. The summed E-state index contributed by atoms with van der Waals surface area (Å²) < 4.78 is 32.9. The number of hydrogen-bond acceptors (Lipinski definition) is 5. The van der Waals surface area contributed by atoms with Crippen molar-refractivity contribution in [2.45, 2.75) is 23.3 Å². The number of imidazole rings is 1. The van der Waals surface area contributed by atoms with Crippen LogP contribution in [-0.2, 0) is 16.4 Å². The maximum absolute atomic E-state index is 13.0. The van der Waals surface area contributed by atoms with E-state index < -0.39 is 9.84 Å². The number of sulfone groups is 1. The highest BCUT2D eigenvalue weighted by molar-refractivity contribution is 7.91. The van der Waals surface area contributed by atoms with Gasteiger partial charge in [-0.05, 0) is 60.5 Å². The molecule has 2 aromatic heterocycles. The SMILES string of the molecule is COc1cc(C)cc(S(=O)(=O)c2ccc(CNC(=O)c3ccc4nccn4c3)cc2)c1. The van der Waals surface area contributed by atoms with Gasteiger partial charge in [-0.1, -0.05) is 12.1 Å². The van der Waals surface area contributed by atoms with Gasteiger partial charge in [-0.3, -0.25) is 4.79 Å². The molecule has 158 valence electrons. The van der Waals surface area contributed by atoms with E-state index in [2.05, 4.69) is 10.3 Å². The summed E-state index contributed by atoms with van der Waals surface area (Å²) in [5.41, 5.74) is 2.86. The van der Waals surface area contributed by atoms with Crippen LogP contribution in [0.15, 0.2) is 83.0 Å². The molecule has 0 spiro atoms. The summed E-state index contributed by atoms with van der Waals surface area (Å²) in [6.07, 6.45) is 5.15. The number of fused-ring (bicyclic) bond motifs is 1. The van der Waals surface area contributed by atoms with Crippen molar-refractivity contribution in [3.05, 3.63) is 89.9 Å². The Morgan fingerprint density at radius 2 is 1.84 bits per heavy atom. The maximum Gasteiger partial charge on any atom is 0.253 e. The van der Waals surface area contributed by atoms with Crippen molar-refractivity contribution >= 4 is 21.4 Å². The lowest BCUT2D eigenvalue weighted by Crippen LogP contribution is -2.23. The molecule has 0 aliphatic heterocycles. The van der Waals surface area contributed by atoms with Gasteiger partial charge in [0.25, 0.3) is 5.91 Å². The van der Waals surface area contributed by atoms with Crippen molar-refractivity contribution in [2.75, 3.05) is 7.11 Å². The zero-order valence-corrected chi connectivity index (χ0v) is 17.9. The molecule has 0 aliphatic rings. The first-order chi connectivity index (χ1) is 14.9. The number of methoxy groups -OCH3 is 1. The Bertz CT molecular complexity index is 1360. The van der Waals surface area contributed by atoms with Crippen molar-refractivity contribution in [3.63, 3.8) is 0 Å². The van der Waals surface area contributed by atoms with Crippen LogP contribution in [0.3, 0.4) is 0 Å². The average Bonchev–Trinajstić information content (AvgIpc) is 3.25. The van der Waals surface area contributed by atoms with E-state index in [1.54, 1.807) is 71.5 Å². The first-order valence-electron chi connectivity index (χ1n) is 9.57. The van der Waals surface area contributed by atoms with Gasteiger partial charge in [0.1, 0.15) is 11.4 Å². The molecule has 4 rings (SSSR count). The van der Waals surface area contributed by atoms with Gasteiger partial charge in [0.05, 0.1) is 22.5 Å². The normalized spacial score (nSPS) is 11.4. The minimum absolute atomic E-state index is 0.181. The lowest BCUT2D eigenvalue weighted by Gasteiger charge is -2.10. The smallest absolute Gasteiger partial charge is 0.253 e. The number of nitrogens with zero attached hydrogens (tertiary/aromatic N) is 2. The Kier molecular flexibility index (Phi) is 5.48. The Morgan fingerprint density at radius 1 is 1.06 bits per heavy atom. The predicted octanol–water partition coefficient (Wildman–Crippen LogP) is 3.41. The molecule has 0 fully saturated rings. The van der Waals surface area contributed by atoms with Crippen LogP contribution >= 0.6 is 0 Å². The fraction of sp³-hybridized carbons (Fsp3) is 0.130. The fourth-order valence-electron chi connectivity index (χ4n) is 3.25. The fourth-order valence-corrected chi connectivity index (χ4v) is 4.63. The number of rotatable bonds is 6. The molecular formula is C23H21N3O4S. The third-order valence-corrected chi connectivity index (χ3v) is 6.66. The van der Waals surface area contributed by atoms with Crippen LogP contribution in [0, 0.1) is 6.92 Å². The zero-order chi connectivity index (χ0) is 22.0. The van der Waals surface area contributed by atoms with E-state index in [4.69, 9.17) is 4.74 Å². The molecular weight excluding hydrogens is 414 g/mol. The lowest BCUT2D eigenvalue weighted by atomic mass is 10.2. The van der Waals surface area contributed by atoms with Crippen molar-refractivity contribution in [1.29, 1.82) is 0 Å². The Hall–Kier alpha value is -3.65. The first-order valence-corrected chi connectivity index (χ1v) is 11.1. The number of ether oxygens (including phenoxy) is 1. The van der Waals surface area contributed by atoms with E-state index in [-0.39, 0.29) is 22.2 Å². The van der Waals surface area contributed by atoms with Crippen LogP contribution in [0.4, 0.5) is 0 Å². The number of amides is 1. The molecule has 0 bridgehead atoms. The second-order valence-corrected chi connectivity index (χ2v) is 9.08. The van der Waals surface area contributed by atoms with Gasteiger partial charge >= 0.3 is 0 Å². The second-order valence-electron chi connectivity index (χ2n) is 7.13. The largest absolute Gasteiger partial charge is 0.497 e. The van der Waals surface area contributed by atoms with E-state index in [1.165, 1.54) is 13.2 Å². The minimum Gasteiger partial charge on any atom is -0.497 e. The van der Waals surface area contributed by atoms with Gasteiger partial charge in [0, 0.05) is 25.1 Å². The van der Waals surface area contributed by atoms with Crippen molar-refractivity contribution in [3.8, 4) is 5.75 Å². The number of hydrogen-bond donors (Lipinski definition) is 1. The Morgan fingerprint density at radius 3 is 2.58 bits per heavy atom. The van der Waals surface area contributed by atoms with Crippen LogP contribution < -0.4 is 10.1 Å². The maximum atomic E-state index is 13.0. The number of carbonyl (C=O) groups excluding carboxylic acids is 1. The van der Waals surface area contributed by atoms with E-state index >= 15 is 0 Å². The number of aryl methyl sites for hydroxylation is 1. The monoisotopic (exact) mass is 435 g/mol. The Balaban J connectivity index is 1.47.